The molecule has 1 aliphatic heterocycles. The molecule has 3 nitrogen and oxygen atoms in total. The zero-order valence-electron chi connectivity index (χ0n) is 10.4. The Kier molecular flexibility index (Phi) is 3.93. The van der Waals surface area contributed by atoms with Gasteiger partial charge < -0.3 is 10.2 Å². The number of amides is 1. The lowest BCUT2D eigenvalue weighted by molar-refractivity contribution is -0.134. The average molecular weight is 267 g/mol. The van der Waals surface area contributed by atoms with Gasteiger partial charge in [-0.15, -0.1) is 12.4 Å². The van der Waals surface area contributed by atoms with Crippen molar-refractivity contribution in [2.45, 2.75) is 18.3 Å². The van der Waals surface area contributed by atoms with E-state index in [4.69, 9.17) is 0 Å². The summed E-state index contributed by atoms with van der Waals surface area (Å²) in [6, 6.07) is 10.2. The van der Waals surface area contributed by atoms with Crippen LogP contribution in [0.1, 0.15) is 18.4 Å². The van der Waals surface area contributed by atoms with Crippen LogP contribution in [0.3, 0.4) is 0 Å². The van der Waals surface area contributed by atoms with E-state index >= 15 is 0 Å². The molecule has 0 aromatic heterocycles. The normalized spacial score (nSPS) is 21.0. The highest BCUT2D eigenvalue weighted by Gasteiger charge is 2.52. The van der Waals surface area contributed by atoms with Crippen molar-refractivity contribution in [2.24, 2.45) is 0 Å². The van der Waals surface area contributed by atoms with Gasteiger partial charge in [-0.1, -0.05) is 30.3 Å². The van der Waals surface area contributed by atoms with Crippen LogP contribution in [-0.2, 0) is 10.2 Å². The van der Waals surface area contributed by atoms with Gasteiger partial charge in [-0.3, -0.25) is 4.79 Å². The Balaban J connectivity index is 0.00000120. The van der Waals surface area contributed by atoms with Gasteiger partial charge in [-0.25, -0.2) is 0 Å². The number of hydrogen-bond acceptors (Lipinski definition) is 2. The van der Waals surface area contributed by atoms with Gasteiger partial charge in [0.2, 0.25) is 5.91 Å². The third-order valence-corrected chi connectivity index (χ3v) is 3.89. The topological polar surface area (TPSA) is 32.3 Å². The second-order valence-electron chi connectivity index (χ2n) is 4.99. The molecule has 0 unspecified atom stereocenters. The minimum atomic E-state index is -0.182. The Morgan fingerprint density at radius 1 is 1.11 bits per heavy atom. The largest absolute Gasteiger partial charge is 0.339 e. The Hall–Kier alpha value is -1.06. The summed E-state index contributed by atoms with van der Waals surface area (Å²) < 4.78 is 0. The van der Waals surface area contributed by atoms with E-state index in [-0.39, 0.29) is 17.8 Å². The standard InChI is InChI=1S/C14H18N2O.ClH/c17-13(16-10-8-15-9-11-16)14(6-7-14)12-4-2-1-3-5-12;/h1-5,15H,6-11H2;1H. The van der Waals surface area contributed by atoms with E-state index < -0.39 is 0 Å². The second-order valence-corrected chi connectivity index (χ2v) is 4.99. The summed E-state index contributed by atoms with van der Waals surface area (Å²) in [4.78, 5) is 14.6. The lowest BCUT2D eigenvalue weighted by atomic mass is 9.94. The molecule has 4 heteroatoms. The first-order valence-corrected chi connectivity index (χ1v) is 6.39. The Morgan fingerprint density at radius 2 is 1.72 bits per heavy atom. The maximum atomic E-state index is 12.6. The van der Waals surface area contributed by atoms with Gasteiger partial charge in [0.25, 0.3) is 0 Å². The molecule has 0 spiro atoms. The fourth-order valence-corrected chi connectivity index (χ4v) is 2.68. The molecule has 98 valence electrons. The van der Waals surface area contributed by atoms with Crippen LogP contribution in [0.2, 0.25) is 0 Å². The number of piperazine rings is 1. The molecule has 1 aliphatic carbocycles. The summed E-state index contributed by atoms with van der Waals surface area (Å²) in [6.45, 7) is 3.56. The van der Waals surface area contributed by atoms with E-state index in [0.29, 0.717) is 5.91 Å². The van der Waals surface area contributed by atoms with Crippen molar-refractivity contribution in [3.8, 4) is 0 Å². The molecule has 1 aromatic carbocycles. The van der Waals surface area contributed by atoms with E-state index in [2.05, 4.69) is 17.4 Å². The van der Waals surface area contributed by atoms with Crippen LogP contribution in [0.4, 0.5) is 0 Å². The first kappa shape index (κ1) is 13.4. The fraction of sp³-hybridized carbons (Fsp3) is 0.500. The minimum absolute atomic E-state index is 0. The molecule has 0 atom stereocenters. The van der Waals surface area contributed by atoms with E-state index in [9.17, 15) is 4.79 Å². The molecule has 1 heterocycles. The van der Waals surface area contributed by atoms with Crippen molar-refractivity contribution in [1.82, 2.24) is 10.2 Å². The SMILES string of the molecule is Cl.O=C(N1CCNCC1)C1(c2ccccc2)CC1. The molecule has 1 saturated heterocycles. The number of halogens is 1. The summed E-state index contributed by atoms with van der Waals surface area (Å²) in [5.74, 6) is 0.338. The predicted octanol–water partition coefficient (Wildman–Crippen LogP) is 1.57. The lowest BCUT2D eigenvalue weighted by Crippen LogP contribution is -2.49. The summed E-state index contributed by atoms with van der Waals surface area (Å²) in [6.07, 6.45) is 2.03. The van der Waals surface area contributed by atoms with Gasteiger partial charge >= 0.3 is 0 Å². The van der Waals surface area contributed by atoms with Gasteiger partial charge in [-0.05, 0) is 18.4 Å². The molecular formula is C14H19ClN2O. The smallest absolute Gasteiger partial charge is 0.233 e. The van der Waals surface area contributed by atoms with Gasteiger partial charge in [-0.2, -0.15) is 0 Å². The Bertz CT molecular complexity index is 411. The van der Waals surface area contributed by atoms with Crippen LogP contribution < -0.4 is 5.32 Å². The minimum Gasteiger partial charge on any atom is -0.339 e. The van der Waals surface area contributed by atoms with Crippen molar-refractivity contribution >= 4 is 18.3 Å². The van der Waals surface area contributed by atoms with Crippen LogP contribution in [0.15, 0.2) is 30.3 Å². The highest BCUT2D eigenvalue weighted by atomic mass is 35.5. The first-order chi connectivity index (χ1) is 8.33. The molecule has 3 rings (SSSR count). The summed E-state index contributed by atoms with van der Waals surface area (Å²) in [5, 5.41) is 3.29. The van der Waals surface area contributed by atoms with Crippen LogP contribution in [0.5, 0.6) is 0 Å². The number of carbonyl (C=O) groups is 1. The quantitative estimate of drug-likeness (QED) is 0.881. The van der Waals surface area contributed by atoms with Gasteiger partial charge in [0.1, 0.15) is 0 Å². The second kappa shape index (κ2) is 5.29. The molecule has 1 N–H and O–H groups in total. The first-order valence-electron chi connectivity index (χ1n) is 6.39. The molecular weight excluding hydrogens is 248 g/mol. The van der Waals surface area contributed by atoms with Gasteiger partial charge in [0, 0.05) is 26.2 Å². The Labute approximate surface area is 114 Å². The van der Waals surface area contributed by atoms with Crippen molar-refractivity contribution in [3.05, 3.63) is 35.9 Å². The number of nitrogens with one attached hydrogen (secondary N) is 1. The van der Waals surface area contributed by atoms with E-state index in [0.717, 1.165) is 39.0 Å². The van der Waals surface area contributed by atoms with Gasteiger partial charge in [0.15, 0.2) is 0 Å². The maximum Gasteiger partial charge on any atom is 0.233 e. The third kappa shape index (κ3) is 2.25. The number of carbonyl (C=O) groups excluding carboxylic acids is 1. The fourth-order valence-electron chi connectivity index (χ4n) is 2.68. The summed E-state index contributed by atoms with van der Waals surface area (Å²) in [7, 11) is 0. The van der Waals surface area contributed by atoms with Crippen molar-refractivity contribution < 1.29 is 4.79 Å². The van der Waals surface area contributed by atoms with E-state index in [1.807, 2.05) is 23.1 Å². The molecule has 1 amide bonds. The van der Waals surface area contributed by atoms with Crippen LogP contribution >= 0.6 is 12.4 Å². The third-order valence-electron chi connectivity index (χ3n) is 3.89. The monoisotopic (exact) mass is 266 g/mol. The molecule has 1 saturated carbocycles. The highest BCUT2D eigenvalue weighted by Crippen LogP contribution is 2.49. The molecule has 0 radical (unpaired) electrons. The van der Waals surface area contributed by atoms with E-state index in [1.165, 1.54) is 5.56 Å². The number of benzene rings is 1. The van der Waals surface area contributed by atoms with E-state index in [1.54, 1.807) is 0 Å². The molecule has 2 fully saturated rings. The summed E-state index contributed by atoms with van der Waals surface area (Å²) >= 11 is 0. The van der Waals surface area contributed by atoms with Crippen LogP contribution in [0.25, 0.3) is 0 Å². The van der Waals surface area contributed by atoms with Crippen molar-refractivity contribution in [1.29, 1.82) is 0 Å². The average Bonchev–Trinajstić information content (AvgIpc) is 3.21. The van der Waals surface area contributed by atoms with Crippen LogP contribution in [0, 0.1) is 0 Å². The number of hydrogen-bond donors (Lipinski definition) is 1. The van der Waals surface area contributed by atoms with Crippen molar-refractivity contribution in [2.75, 3.05) is 26.2 Å². The molecule has 18 heavy (non-hydrogen) atoms. The zero-order chi connectivity index (χ0) is 11.7. The van der Waals surface area contributed by atoms with Crippen molar-refractivity contribution in [3.63, 3.8) is 0 Å². The van der Waals surface area contributed by atoms with Crippen LogP contribution in [-0.4, -0.2) is 37.0 Å². The molecule has 0 bridgehead atoms. The summed E-state index contributed by atoms with van der Waals surface area (Å²) in [5.41, 5.74) is 1.02. The van der Waals surface area contributed by atoms with Gasteiger partial charge in [0.05, 0.1) is 5.41 Å². The molecule has 1 aromatic rings. The zero-order valence-corrected chi connectivity index (χ0v) is 11.2. The number of nitrogens with zero attached hydrogens (tertiary/aromatic N) is 1. The Morgan fingerprint density at radius 3 is 2.28 bits per heavy atom. The lowest BCUT2D eigenvalue weighted by Gasteiger charge is -2.31. The number of rotatable bonds is 2. The molecule has 2 aliphatic rings. The predicted molar refractivity (Wildman–Crippen MR) is 74.1 cm³/mol. The maximum absolute atomic E-state index is 12.6. The highest BCUT2D eigenvalue weighted by molar-refractivity contribution is 5.91.